The smallest absolute Gasteiger partial charge is 0.290 e. The first-order valence-electron chi connectivity index (χ1n) is 5.38. The number of carbonyl (C=O) groups is 1. The van der Waals surface area contributed by atoms with Gasteiger partial charge in [-0.3, -0.25) is 4.79 Å². The van der Waals surface area contributed by atoms with Gasteiger partial charge in [0.05, 0.1) is 6.04 Å². The first kappa shape index (κ1) is 9.86. The van der Waals surface area contributed by atoms with Crippen LogP contribution in [0.1, 0.15) is 48.7 Å². The number of halogens is 2. The van der Waals surface area contributed by atoms with E-state index in [2.05, 4.69) is 10.1 Å². The van der Waals surface area contributed by atoms with E-state index in [1.54, 1.807) is 6.92 Å². The van der Waals surface area contributed by atoms with Gasteiger partial charge in [0.25, 0.3) is 0 Å². The fraction of sp³-hybridized carbons (Fsp3) is 0.700. The quantitative estimate of drug-likeness (QED) is 0.725. The molecule has 86 valence electrons. The van der Waals surface area contributed by atoms with Crippen LogP contribution in [0.25, 0.3) is 0 Å². The Kier molecular flexibility index (Phi) is 1.77. The molecule has 2 heterocycles. The van der Waals surface area contributed by atoms with Gasteiger partial charge in [0.15, 0.2) is 5.82 Å². The molecular weight excluding hydrogens is 216 g/mol. The van der Waals surface area contributed by atoms with Crippen molar-refractivity contribution in [2.24, 2.45) is 5.92 Å². The van der Waals surface area contributed by atoms with Crippen LogP contribution in [0.15, 0.2) is 0 Å². The maximum Gasteiger partial charge on any atom is 0.308 e. The molecule has 16 heavy (non-hydrogen) atoms. The largest absolute Gasteiger partial charge is 0.308 e. The monoisotopic (exact) mass is 227 g/mol. The van der Waals surface area contributed by atoms with Crippen molar-refractivity contribution in [2.75, 3.05) is 0 Å². The van der Waals surface area contributed by atoms with Crippen LogP contribution in [-0.4, -0.2) is 20.5 Å². The second-order valence-electron chi connectivity index (χ2n) is 4.60. The van der Waals surface area contributed by atoms with E-state index < -0.39 is 12.0 Å². The van der Waals surface area contributed by atoms with Gasteiger partial charge in [0.1, 0.15) is 0 Å². The molecular formula is C10H11F2N3O. The molecule has 0 spiro atoms. The fourth-order valence-electron chi connectivity index (χ4n) is 2.06. The van der Waals surface area contributed by atoms with Crippen LogP contribution in [0.5, 0.6) is 0 Å². The highest BCUT2D eigenvalue weighted by molar-refractivity contribution is 5.95. The highest BCUT2D eigenvalue weighted by Gasteiger charge is 2.48. The molecule has 0 saturated heterocycles. The lowest BCUT2D eigenvalue weighted by Crippen LogP contribution is -2.11. The van der Waals surface area contributed by atoms with Crippen LogP contribution in [0.2, 0.25) is 0 Å². The third kappa shape index (κ3) is 1.28. The van der Waals surface area contributed by atoms with Crippen LogP contribution in [0, 0.1) is 5.92 Å². The lowest BCUT2D eigenvalue weighted by molar-refractivity contribution is -0.00982. The summed E-state index contributed by atoms with van der Waals surface area (Å²) in [4.78, 5) is 15.4. The predicted molar refractivity (Wildman–Crippen MR) is 50.3 cm³/mol. The number of ketones is 1. The van der Waals surface area contributed by atoms with Gasteiger partial charge in [0.2, 0.25) is 11.6 Å². The molecule has 0 aromatic carbocycles. The Morgan fingerprint density at radius 1 is 1.50 bits per heavy atom. The molecule has 0 bridgehead atoms. The van der Waals surface area contributed by atoms with Gasteiger partial charge in [0, 0.05) is 12.3 Å². The van der Waals surface area contributed by atoms with Crippen LogP contribution >= 0.6 is 0 Å². The Balaban J connectivity index is 2.00. The fourth-order valence-corrected chi connectivity index (χ4v) is 2.06. The van der Waals surface area contributed by atoms with Gasteiger partial charge in [-0.05, 0) is 19.8 Å². The molecule has 1 fully saturated rings. The molecule has 1 aromatic rings. The lowest BCUT2D eigenvalue weighted by atomic mass is 10.2. The number of fused-ring (bicyclic) bond motifs is 1. The van der Waals surface area contributed by atoms with Gasteiger partial charge in [-0.2, -0.15) is 8.78 Å². The zero-order chi connectivity index (χ0) is 11.5. The minimum Gasteiger partial charge on any atom is -0.290 e. The molecule has 0 N–H and O–H groups in total. The topological polar surface area (TPSA) is 47.8 Å². The van der Waals surface area contributed by atoms with Crippen molar-refractivity contribution < 1.29 is 13.6 Å². The van der Waals surface area contributed by atoms with Gasteiger partial charge in [-0.1, -0.05) is 0 Å². The van der Waals surface area contributed by atoms with E-state index in [4.69, 9.17) is 0 Å². The number of rotatable bonds is 2. The third-order valence-corrected chi connectivity index (χ3v) is 3.10. The van der Waals surface area contributed by atoms with Crippen molar-refractivity contribution in [3.63, 3.8) is 0 Å². The number of nitrogens with zero attached hydrogens (tertiary/aromatic N) is 3. The number of hydrogen-bond donors (Lipinski definition) is 0. The van der Waals surface area contributed by atoms with Crippen LogP contribution < -0.4 is 0 Å². The van der Waals surface area contributed by atoms with Crippen LogP contribution in [0.4, 0.5) is 8.78 Å². The van der Waals surface area contributed by atoms with Crippen molar-refractivity contribution in [3.8, 4) is 0 Å². The number of carbonyl (C=O) groups excluding carboxylic acids is 1. The third-order valence-electron chi connectivity index (χ3n) is 3.10. The van der Waals surface area contributed by atoms with Gasteiger partial charge >= 0.3 is 5.92 Å². The van der Waals surface area contributed by atoms with Crippen molar-refractivity contribution in [1.82, 2.24) is 14.8 Å². The summed E-state index contributed by atoms with van der Waals surface area (Å²) in [6.45, 7) is 1.66. The summed E-state index contributed by atoms with van der Waals surface area (Å²) in [5, 5.41) is 3.90. The molecule has 4 nitrogen and oxygen atoms in total. The van der Waals surface area contributed by atoms with E-state index in [9.17, 15) is 13.6 Å². The summed E-state index contributed by atoms with van der Waals surface area (Å²) in [5.74, 6) is -3.57. The number of alkyl halides is 2. The number of Topliss-reactive ketones (excluding diaryl/α,β-unsaturated/α-hetero) is 1. The molecule has 1 aliphatic carbocycles. The molecule has 1 aromatic heterocycles. The summed E-state index contributed by atoms with van der Waals surface area (Å²) in [6.07, 6.45) is 1.38. The van der Waals surface area contributed by atoms with E-state index in [0.717, 1.165) is 12.8 Å². The number of hydrogen-bond acceptors (Lipinski definition) is 3. The van der Waals surface area contributed by atoms with Crippen molar-refractivity contribution >= 4 is 5.78 Å². The molecule has 0 amide bonds. The average Bonchev–Trinajstić information content (AvgIpc) is 2.88. The SMILES string of the molecule is C[C@H]1CC(F)(F)c2nc(C(=O)C3CC3)nn21. The van der Waals surface area contributed by atoms with Crippen LogP contribution in [-0.2, 0) is 5.92 Å². The van der Waals surface area contributed by atoms with Crippen molar-refractivity contribution in [3.05, 3.63) is 11.6 Å². The highest BCUT2D eigenvalue weighted by atomic mass is 19.3. The van der Waals surface area contributed by atoms with E-state index in [0.29, 0.717) is 0 Å². The Morgan fingerprint density at radius 3 is 2.75 bits per heavy atom. The predicted octanol–water partition coefficient (Wildman–Crippen LogP) is 1.93. The first-order chi connectivity index (χ1) is 7.49. The van der Waals surface area contributed by atoms with E-state index in [-0.39, 0.29) is 29.8 Å². The summed E-state index contributed by atoms with van der Waals surface area (Å²) in [6, 6.07) is -0.391. The van der Waals surface area contributed by atoms with Crippen molar-refractivity contribution in [1.29, 1.82) is 0 Å². The van der Waals surface area contributed by atoms with Gasteiger partial charge in [-0.15, -0.1) is 5.10 Å². The number of aromatic nitrogens is 3. The van der Waals surface area contributed by atoms with E-state index in [1.807, 2.05) is 0 Å². The second kappa shape index (κ2) is 2.87. The molecule has 1 aliphatic heterocycles. The Morgan fingerprint density at radius 2 is 2.19 bits per heavy atom. The zero-order valence-electron chi connectivity index (χ0n) is 8.78. The highest BCUT2D eigenvalue weighted by Crippen LogP contribution is 2.42. The Labute approximate surface area is 90.7 Å². The van der Waals surface area contributed by atoms with E-state index in [1.165, 1.54) is 4.68 Å². The summed E-state index contributed by atoms with van der Waals surface area (Å²) < 4.78 is 28.1. The Bertz CT molecular complexity index is 465. The van der Waals surface area contributed by atoms with E-state index >= 15 is 0 Å². The maximum atomic E-state index is 13.4. The Hall–Kier alpha value is -1.33. The summed E-state index contributed by atoms with van der Waals surface area (Å²) in [5.41, 5.74) is 0. The lowest BCUT2D eigenvalue weighted by Gasteiger charge is -2.05. The van der Waals surface area contributed by atoms with Crippen molar-refractivity contribution in [2.45, 2.75) is 38.2 Å². The molecule has 2 aliphatic rings. The molecule has 3 rings (SSSR count). The minimum absolute atomic E-state index is 0.0351. The summed E-state index contributed by atoms with van der Waals surface area (Å²) >= 11 is 0. The molecule has 0 radical (unpaired) electrons. The molecule has 1 atom stereocenters. The molecule has 1 saturated carbocycles. The molecule has 6 heteroatoms. The molecule has 0 unspecified atom stereocenters. The average molecular weight is 227 g/mol. The summed E-state index contributed by atoms with van der Waals surface area (Å²) in [7, 11) is 0. The van der Waals surface area contributed by atoms with Gasteiger partial charge < -0.3 is 0 Å². The normalized spacial score (nSPS) is 26.8. The zero-order valence-corrected chi connectivity index (χ0v) is 8.78. The first-order valence-corrected chi connectivity index (χ1v) is 5.38. The maximum absolute atomic E-state index is 13.4. The second-order valence-corrected chi connectivity index (χ2v) is 4.60. The standard InChI is InChI=1S/C10H11F2N3O/c1-5-4-10(11,12)9-13-8(14-15(5)9)7(16)6-2-3-6/h5-6H,2-4H2,1H3/t5-/m0/s1. The minimum atomic E-state index is -2.95. The van der Waals surface area contributed by atoms with Gasteiger partial charge in [-0.25, -0.2) is 9.67 Å². The van der Waals surface area contributed by atoms with Crippen LogP contribution in [0.3, 0.4) is 0 Å².